The number of aliphatic hydroxyl groups excluding tert-OH is 2. The van der Waals surface area contributed by atoms with Gasteiger partial charge in [0.1, 0.15) is 0 Å². The molecule has 0 saturated heterocycles. The fourth-order valence-electron chi connectivity index (χ4n) is 0.300. The Bertz CT molecular complexity index is 41.4. The van der Waals surface area contributed by atoms with Gasteiger partial charge in [-0.1, -0.05) is 7.43 Å². The van der Waals surface area contributed by atoms with E-state index in [-0.39, 0.29) is 14.0 Å². The summed E-state index contributed by atoms with van der Waals surface area (Å²) >= 11 is 0. The Hall–Kier alpha value is -0.120. The summed E-state index contributed by atoms with van der Waals surface area (Å²) in [5.41, 5.74) is 0. The molecule has 3 heteroatoms. The third-order valence-electron chi connectivity index (χ3n) is 0.650. The lowest BCUT2D eigenvalue weighted by Gasteiger charge is -2.02. The predicted octanol–water partition coefficient (Wildman–Crippen LogP) is -0.805. The molecule has 0 aliphatic carbocycles. The lowest BCUT2D eigenvalue weighted by Crippen LogP contribution is -2.26. The van der Waals surface area contributed by atoms with Crippen LogP contribution >= 0.6 is 0 Å². The Labute approximate surface area is 50.3 Å². The molecular weight excluding hydrogens is 106 g/mol. The third-order valence-corrected chi connectivity index (χ3v) is 0.650. The van der Waals surface area contributed by atoms with E-state index in [1.807, 2.05) is 0 Å². The smallest absolute Gasteiger partial charge is 0.0894 e. The molecule has 0 heterocycles. The van der Waals surface area contributed by atoms with E-state index in [2.05, 4.69) is 5.32 Å². The summed E-state index contributed by atoms with van der Waals surface area (Å²) in [7, 11) is 1.72. The number of hydrogen-bond acceptors (Lipinski definition) is 3. The zero-order valence-corrected chi connectivity index (χ0v) is 4.39. The van der Waals surface area contributed by atoms with Crippen LogP contribution in [-0.2, 0) is 0 Å². The van der Waals surface area contributed by atoms with Crippen molar-refractivity contribution in [2.75, 3.05) is 20.2 Å². The number of hydrogen-bond donors (Lipinski definition) is 3. The molecule has 0 aromatic carbocycles. The van der Waals surface area contributed by atoms with Crippen LogP contribution in [0.3, 0.4) is 0 Å². The van der Waals surface area contributed by atoms with Gasteiger partial charge in [-0.2, -0.15) is 0 Å². The summed E-state index contributed by atoms with van der Waals surface area (Å²) in [5.74, 6) is 0. The van der Waals surface area contributed by atoms with Crippen LogP contribution in [0.2, 0.25) is 0 Å². The average molecular weight is 121 g/mol. The van der Waals surface area contributed by atoms with Gasteiger partial charge in [0.05, 0.1) is 12.7 Å². The Morgan fingerprint density at radius 2 is 2.12 bits per heavy atom. The van der Waals surface area contributed by atoms with Crippen LogP contribution in [0.1, 0.15) is 7.43 Å². The first kappa shape index (κ1) is 10.8. The first-order chi connectivity index (χ1) is 3.31. The Balaban J connectivity index is 0. The van der Waals surface area contributed by atoms with Crippen molar-refractivity contribution in [1.82, 2.24) is 5.32 Å². The topological polar surface area (TPSA) is 52.5 Å². The van der Waals surface area contributed by atoms with Crippen LogP contribution in [0.5, 0.6) is 0 Å². The second kappa shape index (κ2) is 6.88. The molecule has 0 rings (SSSR count). The van der Waals surface area contributed by atoms with Gasteiger partial charge in [-0.15, -0.1) is 0 Å². The molecular formula is C5H15NO2. The van der Waals surface area contributed by atoms with Crippen LogP contribution < -0.4 is 5.32 Å². The first-order valence-electron chi connectivity index (χ1n) is 2.24. The Kier molecular flexibility index (Phi) is 9.28. The summed E-state index contributed by atoms with van der Waals surface area (Å²) in [6, 6.07) is 0. The average Bonchev–Trinajstić information content (AvgIpc) is 1.68. The molecule has 0 aromatic heterocycles. The molecule has 0 aliphatic rings. The predicted molar refractivity (Wildman–Crippen MR) is 33.8 cm³/mol. The van der Waals surface area contributed by atoms with Crippen molar-refractivity contribution in [2.24, 2.45) is 0 Å². The van der Waals surface area contributed by atoms with E-state index in [1.54, 1.807) is 7.05 Å². The van der Waals surface area contributed by atoms with Gasteiger partial charge in [0.15, 0.2) is 0 Å². The van der Waals surface area contributed by atoms with Crippen molar-refractivity contribution < 1.29 is 10.2 Å². The summed E-state index contributed by atoms with van der Waals surface area (Å²) in [6.07, 6.45) is -0.606. The fraction of sp³-hybridized carbons (Fsp3) is 1.00. The Morgan fingerprint density at radius 3 is 2.25 bits per heavy atom. The molecule has 52 valence electrons. The van der Waals surface area contributed by atoms with Crippen molar-refractivity contribution in [3.8, 4) is 0 Å². The van der Waals surface area contributed by atoms with E-state index in [0.717, 1.165) is 0 Å². The highest BCUT2D eigenvalue weighted by atomic mass is 16.3. The van der Waals surface area contributed by atoms with Gasteiger partial charge in [0.25, 0.3) is 0 Å². The van der Waals surface area contributed by atoms with E-state index in [9.17, 15) is 0 Å². The number of likely N-dealkylation sites (N-methyl/N-ethyl adjacent to an activating group) is 1. The van der Waals surface area contributed by atoms with Crippen molar-refractivity contribution in [3.63, 3.8) is 0 Å². The second-order valence-electron chi connectivity index (χ2n) is 1.39. The normalized spacial score (nSPS) is 12.4. The molecule has 0 fully saturated rings. The molecule has 1 unspecified atom stereocenters. The van der Waals surface area contributed by atoms with Gasteiger partial charge in [-0.05, 0) is 7.05 Å². The van der Waals surface area contributed by atoms with E-state index in [1.165, 1.54) is 0 Å². The molecule has 0 radical (unpaired) electrons. The highest BCUT2D eigenvalue weighted by molar-refractivity contribution is 4.51. The van der Waals surface area contributed by atoms with Gasteiger partial charge in [-0.3, -0.25) is 0 Å². The zero-order valence-electron chi connectivity index (χ0n) is 4.39. The van der Waals surface area contributed by atoms with Crippen molar-refractivity contribution >= 4 is 0 Å². The standard InChI is InChI=1S/C4H11NO2.CH4/c1-5-2-4(7)3-6;/h4-7H,2-3H2,1H3;1H4. The summed E-state index contributed by atoms with van der Waals surface area (Å²) in [5, 5.41) is 19.4. The van der Waals surface area contributed by atoms with Crippen LogP contribution in [0.4, 0.5) is 0 Å². The monoisotopic (exact) mass is 121 g/mol. The summed E-state index contributed by atoms with van der Waals surface area (Å²) in [4.78, 5) is 0. The Morgan fingerprint density at radius 1 is 1.62 bits per heavy atom. The second-order valence-corrected chi connectivity index (χ2v) is 1.39. The molecule has 0 bridgehead atoms. The largest absolute Gasteiger partial charge is 0.394 e. The highest BCUT2D eigenvalue weighted by Crippen LogP contribution is 1.72. The van der Waals surface area contributed by atoms with Gasteiger partial charge in [0, 0.05) is 6.54 Å². The van der Waals surface area contributed by atoms with E-state index in [4.69, 9.17) is 10.2 Å². The zero-order chi connectivity index (χ0) is 5.70. The molecule has 0 amide bonds. The summed E-state index contributed by atoms with van der Waals surface area (Å²) < 4.78 is 0. The summed E-state index contributed by atoms with van der Waals surface area (Å²) in [6.45, 7) is 0.289. The minimum Gasteiger partial charge on any atom is -0.394 e. The molecule has 0 saturated carbocycles. The van der Waals surface area contributed by atoms with E-state index < -0.39 is 6.10 Å². The lowest BCUT2D eigenvalue weighted by atomic mass is 10.4. The highest BCUT2D eigenvalue weighted by Gasteiger charge is 1.95. The number of nitrogens with one attached hydrogen (secondary N) is 1. The molecule has 0 spiro atoms. The van der Waals surface area contributed by atoms with Crippen LogP contribution in [0.25, 0.3) is 0 Å². The minimum absolute atomic E-state index is 0. The van der Waals surface area contributed by atoms with E-state index >= 15 is 0 Å². The SMILES string of the molecule is C.CNCC(O)CO. The minimum atomic E-state index is -0.606. The van der Waals surface area contributed by atoms with Crippen LogP contribution in [0, 0.1) is 0 Å². The maximum absolute atomic E-state index is 8.55. The van der Waals surface area contributed by atoms with Crippen LogP contribution in [-0.4, -0.2) is 36.5 Å². The van der Waals surface area contributed by atoms with Gasteiger partial charge >= 0.3 is 0 Å². The molecule has 1 atom stereocenters. The molecule has 0 aliphatic heterocycles. The lowest BCUT2D eigenvalue weighted by molar-refractivity contribution is 0.0961. The number of aliphatic hydroxyl groups is 2. The van der Waals surface area contributed by atoms with Gasteiger partial charge < -0.3 is 15.5 Å². The maximum atomic E-state index is 8.55. The molecule has 3 N–H and O–H groups in total. The van der Waals surface area contributed by atoms with Crippen molar-refractivity contribution in [2.45, 2.75) is 13.5 Å². The third kappa shape index (κ3) is 5.88. The molecule has 0 aromatic rings. The van der Waals surface area contributed by atoms with Gasteiger partial charge in [0.2, 0.25) is 0 Å². The fourth-order valence-corrected chi connectivity index (χ4v) is 0.300. The number of rotatable bonds is 3. The van der Waals surface area contributed by atoms with Crippen molar-refractivity contribution in [1.29, 1.82) is 0 Å². The first-order valence-corrected chi connectivity index (χ1v) is 2.24. The maximum Gasteiger partial charge on any atom is 0.0894 e. The molecule has 8 heavy (non-hydrogen) atoms. The quantitative estimate of drug-likeness (QED) is 0.458. The van der Waals surface area contributed by atoms with Crippen molar-refractivity contribution in [3.05, 3.63) is 0 Å². The van der Waals surface area contributed by atoms with Crippen LogP contribution in [0.15, 0.2) is 0 Å². The van der Waals surface area contributed by atoms with Gasteiger partial charge in [-0.25, -0.2) is 0 Å². The van der Waals surface area contributed by atoms with E-state index in [0.29, 0.717) is 6.54 Å². The molecule has 3 nitrogen and oxygen atoms in total.